The van der Waals surface area contributed by atoms with E-state index in [1.165, 1.54) is 0 Å². The lowest BCUT2D eigenvalue weighted by Gasteiger charge is -2.12. The molecular formula is C13H13F2NO3S. The van der Waals surface area contributed by atoms with Gasteiger partial charge in [-0.25, -0.2) is 21.9 Å². The number of sulfonamides is 1. The smallest absolute Gasteiger partial charge is 0.244 e. The van der Waals surface area contributed by atoms with Crippen molar-refractivity contribution in [2.75, 3.05) is 0 Å². The Balaban J connectivity index is 2.29. The van der Waals surface area contributed by atoms with Gasteiger partial charge in [-0.1, -0.05) is 0 Å². The number of rotatable bonds is 4. The average molecular weight is 301 g/mol. The Kier molecular flexibility index (Phi) is 3.92. The molecule has 108 valence electrons. The summed E-state index contributed by atoms with van der Waals surface area (Å²) in [6.07, 6.45) is 0. The molecule has 1 atom stereocenters. The summed E-state index contributed by atoms with van der Waals surface area (Å²) in [5.74, 6) is -0.819. The Morgan fingerprint density at radius 1 is 1.20 bits per heavy atom. The van der Waals surface area contributed by atoms with Crippen LogP contribution in [0.5, 0.6) is 0 Å². The maximum atomic E-state index is 13.5. The molecule has 20 heavy (non-hydrogen) atoms. The van der Waals surface area contributed by atoms with Crippen LogP contribution in [0.4, 0.5) is 8.78 Å². The highest BCUT2D eigenvalue weighted by Crippen LogP contribution is 2.21. The monoisotopic (exact) mass is 301 g/mol. The molecule has 4 nitrogen and oxygen atoms in total. The quantitative estimate of drug-likeness (QED) is 0.944. The van der Waals surface area contributed by atoms with Crippen molar-refractivity contribution in [3.63, 3.8) is 0 Å². The molecule has 1 aromatic carbocycles. The van der Waals surface area contributed by atoms with Crippen LogP contribution < -0.4 is 4.72 Å². The second-order valence-electron chi connectivity index (χ2n) is 4.37. The molecule has 0 saturated heterocycles. The maximum Gasteiger partial charge on any atom is 0.244 e. The van der Waals surface area contributed by atoms with E-state index < -0.39 is 32.6 Å². The van der Waals surface area contributed by atoms with E-state index in [4.69, 9.17) is 4.42 Å². The molecule has 1 heterocycles. The van der Waals surface area contributed by atoms with Gasteiger partial charge in [0, 0.05) is 0 Å². The minimum absolute atomic E-state index is 0.392. The Morgan fingerprint density at radius 3 is 2.50 bits per heavy atom. The standard InChI is InChI=1S/C13H13F2NO3S/c1-8-3-6-12(19-8)9(2)16-20(17,18)13-7-10(14)4-5-11(13)15/h3-7,9,16H,1-2H3. The van der Waals surface area contributed by atoms with E-state index in [1.807, 2.05) is 0 Å². The largest absolute Gasteiger partial charge is 0.465 e. The summed E-state index contributed by atoms with van der Waals surface area (Å²) in [5.41, 5.74) is 0. The Morgan fingerprint density at radius 2 is 1.90 bits per heavy atom. The van der Waals surface area contributed by atoms with E-state index in [-0.39, 0.29) is 0 Å². The summed E-state index contributed by atoms with van der Waals surface area (Å²) in [6, 6.07) is 4.86. The van der Waals surface area contributed by atoms with Gasteiger partial charge in [0.05, 0.1) is 6.04 Å². The van der Waals surface area contributed by atoms with Crippen molar-refractivity contribution < 1.29 is 21.6 Å². The highest BCUT2D eigenvalue weighted by molar-refractivity contribution is 7.89. The van der Waals surface area contributed by atoms with E-state index in [9.17, 15) is 17.2 Å². The van der Waals surface area contributed by atoms with Crippen LogP contribution in [0.15, 0.2) is 39.6 Å². The molecule has 0 spiro atoms. The molecule has 0 aliphatic carbocycles. The lowest BCUT2D eigenvalue weighted by Crippen LogP contribution is -2.27. The first-order valence-electron chi connectivity index (χ1n) is 5.83. The zero-order chi connectivity index (χ0) is 14.9. The molecule has 0 fully saturated rings. The first-order chi connectivity index (χ1) is 9.29. The van der Waals surface area contributed by atoms with Crippen LogP contribution in [0, 0.1) is 18.6 Å². The molecule has 1 N–H and O–H groups in total. The summed E-state index contributed by atoms with van der Waals surface area (Å²) in [7, 11) is -4.18. The highest BCUT2D eigenvalue weighted by atomic mass is 32.2. The summed E-state index contributed by atoms with van der Waals surface area (Å²) in [5, 5.41) is 0. The minimum Gasteiger partial charge on any atom is -0.465 e. The fraction of sp³-hybridized carbons (Fsp3) is 0.231. The second kappa shape index (κ2) is 5.34. The zero-order valence-corrected chi connectivity index (χ0v) is 11.7. The van der Waals surface area contributed by atoms with E-state index in [0.717, 1.165) is 12.1 Å². The molecule has 2 aromatic rings. The predicted octanol–water partition coefficient (Wildman–Crippen LogP) is 2.91. The summed E-state index contributed by atoms with van der Waals surface area (Å²) in [4.78, 5) is -0.729. The van der Waals surface area contributed by atoms with Crippen LogP contribution in [0.1, 0.15) is 24.5 Å². The predicted molar refractivity (Wildman–Crippen MR) is 68.5 cm³/mol. The topological polar surface area (TPSA) is 59.3 Å². The Bertz CT molecular complexity index is 725. The van der Waals surface area contributed by atoms with E-state index in [0.29, 0.717) is 17.6 Å². The number of hydrogen-bond donors (Lipinski definition) is 1. The number of hydrogen-bond acceptors (Lipinski definition) is 3. The van der Waals surface area contributed by atoms with Gasteiger partial charge < -0.3 is 4.42 Å². The Hall–Kier alpha value is -1.73. The SMILES string of the molecule is Cc1ccc(C(C)NS(=O)(=O)c2cc(F)ccc2F)o1. The molecule has 0 aliphatic heterocycles. The maximum absolute atomic E-state index is 13.5. The first-order valence-corrected chi connectivity index (χ1v) is 7.31. The van der Waals surface area contributed by atoms with Crippen molar-refractivity contribution >= 4 is 10.0 Å². The number of furan rings is 1. The van der Waals surface area contributed by atoms with Crippen molar-refractivity contribution in [1.82, 2.24) is 4.72 Å². The van der Waals surface area contributed by atoms with E-state index in [2.05, 4.69) is 4.72 Å². The van der Waals surface area contributed by atoms with Crippen LogP contribution >= 0.6 is 0 Å². The molecule has 0 bridgehead atoms. The number of aryl methyl sites for hydroxylation is 1. The van der Waals surface area contributed by atoms with Gasteiger partial charge in [0.1, 0.15) is 28.1 Å². The van der Waals surface area contributed by atoms with Gasteiger partial charge in [0.25, 0.3) is 0 Å². The zero-order valence-electron chi connectivity index (χ0n) is 10.9. The fourth-order valence-corrected chi connectivity index (χ4v) is 3.02. The van der Waals surface area contributed by atoms with Gasteiger partial charge in [-0.2, -0.15) is 0 Å². The molecule has 0 radical (unpaired) electrons. The van der Waals surface area contributed by atoms with Gasteiger partial charge in [0.15, 0.2) is 0 Å². The normalized spacial score (nSPS) is 13.4. The van der Waals surface area contributed by atoms with Crippen molar-refractivity contribution in [2.45, 2.75) is 24.8 Å². The van der Waals surface area contributed by atoms with Crippen molar-refractivity contribution in [1.29, 1.82) is 0 Å². The molecule has 1 aromatic heterocycles. The molecule has 1 unspecified atom stereocenters. The number of nitrogens with one attached hydrogen (secondary N) is 1. The third-order valence-corrected chi connectivity index (χ3v) is 4.26. The highest BCUT2D eigenvalue weighted by Gasteiger charge is 2.23. The van der Waals surface area contributed by atoms with Crippen molar-refractivity contribution in [3.8, 4) is 0 Å². The molecule has 2 rings (SSSR count). The summed E-state index contributed by atoms with van der Waals surface area (Å²) >= 11 is 0. The average Bonchev–Trinajstić information content (AvgIpc) is 2.78. The van der Waals surface area contributed by atoms with E-state index in [1.54, 1.807) is 26.0 Å². The molecular weight excluding hydrogens is 288 g/mol. The van der Waals surface area contributed by atoms with Gasteiger partial charge in [0.2, 0.25) is 10.0 Å². The summed E-state index contributed by atoms with van der Waals surface area (Å²) in [6.45, 7) is 3.27. The third kappa shape index (κ3) is 3.05. The van der Waals surface area contributed by atoms with Gasteiger partial charge in [-0.3, -0.25) is 0 Å². The molecule has 0 aliphatic rings. The van der Waals surface area contributed by atoms with Crippen molar-refractivity contribution in [2.24, 2.45) is 0 Å². The first kappa shape index (κ1) is 14.7. The number of benzene rings is 1. The minimum atomic E-state index is -4.18. The second-order valence-corrected chi connectivity index (χ2v) is 6.05. The molecule has 0 saturated carbocycles. The van der Waals surface area contributed by atoms with E-state index >= 15 is 0 Å². The van der Waals surface area contributed by atoms with Crippen LogP contribution in [0.25, 0.3) is 0 Å². The van der Waals surface area contributed by atoms with Crippen LogP contribution in [-0.2, 0) is 10.0 Å². The van der Waals surface area contributed by atoms with Gasteiger partial charge in [-0.05, 0) is 44.2 Å². The van der Waals surface area contributed by atoms with Gasteiger partial charge >= 0.3 is 0 Å². The summed E-state index contributed by atoms with van der Waals surface area (Å²) < 4.78 is 58.2. The fourth-order valence-electron chi connectivity index (χ4n) is 1.72. The van der Waals surface area contributed by atoms with Crippen LogP contribution in [-0.4, -0.2) is 8.42 Å². The van der Waals surface area contributed by atoms with Crippen molar-refractivity contribution in [3.05, 3.63) is 53.5 Å². The molecule has 0 amide bonds. The Labute approximate surface area is 115 Å². The van der Waals surface area contributed by atoms with Crippen LogP contribution in [0.3, 0.4) is 0 Å². The third-order valence-electron chi connectivity index (χ3n) is 2.70. The molecule has 7 heteroatoms. The lowest BCUT2D eigenvalue weighted by atomic mass is 10.3. The van der Waals surface area contributed by atoms with Gasteiger partial charge in [-0.15, -0.1) is 0 Å². The lowest BCUT2D eigenvalue weighted by molar-refractivity contribution is 0.440. The number of halogens is 2. The van der Waals surface area contributed by atoms with Crippen LogP contribution in [0.2, 0.25) is 0 Å².